The second-order valence-electron chi connectivity index (χ2n) is 12.8. The lowest BCUT2D eigenvalue weighted by atomic mass is 9.77. The van der Waals surface area contributed by atoms with Crippen LogP contribution in [0.15, 0.2) is 23.8 Å². The summed E-state index contributed by atoms with van der Waals surface area (Å²) in [6.07, 6.45) is 5.03. The summed E-state index contributed by atoms with van der Waals surface area (Å²) >= 11 is 1.12. The second kappa shape index (κ2) is 11.0. The number of benzene rings is 1. The van der Waals surface area contributed by atoms with E-state index in [0.29, 0.717) is 18.6 Å². The summed E-state index contributed by atoms with van der Waals surface area (Å²) in [6.45, 7) is 11.3. The number of ether oxygens (including phenoxy) is 3. The first-order valence-corrected chi connectivity index (χ1v) is 15.4. The third-order valence-corrected chi connectivity index (χ3v) is 9.66. The van der Waals surface area contributed by atoms with Crippen molar-refractivity contribution in [1.29, 1.82) is 0 Å². The smallest absolute Gasteiger partial charge is 0.339 e. The molecule has 1 aliphatic carbocycles. The van der Waals surface area contributed by atoms with Crippen molar-refractivity contribution in [3.05, 3.63) is 34.9 Å². The molecule has 40 heavy (non-hydrogen) atoms. The third-order valence-electron chi connectivity index (χ3n) is 8.78. The highest BCUT2D eigenvalue weighted by Crippen LogP contribution is 2.55. The van der Waals surface area contributed by atoms with Gasteiger partial charge in [0, 0.05) is 17.7 Å². The summed E-state index contributed by atoms with van der Waals surface area (Å²) in [5.41, 5.74) is 0.0138. The molecule has 4 atom stereocenters. The van der Waals surface area contributed by atoms with Crippen molar-refractivity contribution in [3.63, 3.8) is 0 Å². The molecule has 1 unspecified atom stereocenters. The molecule has 5 rings (SSSR count). The lowest BCUT2D eigenvalue weighted by Crippen LogP contribution is -2.49. The summed E-state index contributed by atoms with van der Waals surface area (Å²) in [6, 6.07) is 4.12. The van der Waals surface area contributed by atoms with E-state index >= 15 is 0 Å². The summed E-state index contributed by atoms with van der Waals surface area (Å²) in [5.74, 6) is 0.516. The maximum absolute atomic E-state index is 13.9. The fraction of sp³-hybridized carbons (Fsp3) is 0.677. The fourth-order valence-electron chi connectivity index (χ4n) is 7.05. The Labute approximate surface area is 241 Å². The van der Waals surface area contributed by atoms with Gasteiger partial charge in [-0.3, -0.25) is 9.69 Å². The third kappa shape index (κ3) is 5.67. The molecular weight excluding hydrogens is 530 g/mol. The molecule has 3 aliphatic heterocycles. The number of carbonyl (C=O) groups excluding carboxylic acids is 2. The number of nitrogens with zero attached hydrogens (tertiary/aromatic N) is 1. The monoisotopic (exact) mass is 573 g/mol. The predicted octanol–water partition coefficient (Wildman–Crippen LogP) is 4.49. The number of hydrogen-bond donors (Lipinski definition) is 2. The molecule has 0 bridgehead atoms. The zero-order valence-electron chi connectivity index (χ0n) is 24.3. The molecule has 2 N–H and O–H groups in total. The van der Waals surface area contributed by atoms with Crippen LogP contribution in [0.2, 0.25) is 0 Å². The van der Waals surface area contributed by atoms with Crippen molar-refractivity contribution in [2.24, 2.45) is 0 Å². The molecule has 1 saturated heterocycles. The van der Waals surface area contributed by atoms with Crippen LogP contribution in [0.25, 0.3) is 0 Å². The average molecular weight is 574 g/mol. The van der Waals surface area contributed by atoms with E-state index in [-0.39, 0.29) is 41.5 Å². The van der Waals surface area contributed by atoms with Gasteiger partial charge in [0.05, 0.1) is 17.6 Å². The van der Waals surface area contributed by atoms with Gasteiger partial charge in [-0.1, -0.05) is 31.7 Å². The Morgan fingerprint density at radius 1 is 1.18 bits per heavy atom. The molecule has 220 valence electrons. The van der Waals surface area contributed by atoms with Gasteiger partial charge in [-0.2, -0.15) is 0 Å². The van der Waals surface area contributed by atoms with E-state index in [1.54, 1.807) is 13.8 Å². The molecule has 4 aliphatic rings. The molecule has 0 aromatic heterocycles. The summed E-state index contributed by atoms with van der Waals surface area (Å²) in [5, 5.41) is 21.7. The van der Waals surface area contributed by atoms with Crippen molar-refractivity contribution >= 4 is 22.8 Å². The van der Waals surface area contributed by atoms with Crippen LogP contribution in [0, 0.1) is 0 Å². The normalized spacial score (nSPS) is 26.9. The van der Waals surface area contributed by atoms with Gasteiger partial charge in [0.2, 0.25) is 6.79 Å². The lowest BCUT2D eigenvalue weighted by molar-refractivity contribution is -0.173. The van der Waals surface area contributed by atoms with Crippen molar-refractivity contribution in [3.8, 4) is 11.5 Å². The highest BCUT2D eigenvalue weighted by Gasteiger charge is 2.57. The van der Waals surface area contributed by atoms with Gasteiger partial charge in [-0.15, -0.1) is 0 Å². The molecule has 0 amide bonds. The quantitative estimate of drug-likeness (QED) is 0.326. The van der Waals surface area contributed by atoms with Crippen molar-refractivity contribution in [1.82, 2.24) is 4.90 Å². The number of aliphatic hydroxyl groups is 2. The van der Waals surface area contributed by atoms with Crippen LogP contribution in [-0.4, -0.2) is 74.2 Å². The Morgan fingerprint density at radius 3 is 2.60 bits per heavy atom. The number of rotatable bonds is 9. The van der Waals surface area contributed by atoms with Gasteiger partial charge in [0.15, 0.2) is 22.2 Å². The van der Waals surface area contributed by atoms with Gasteiger partial charge in [-0.25, -0.2) is 4.79 Å². The van der Waals surface area contributed by atoms with Gasteiger partial charge in [-0.05, 0) is 94.7 Å². The first-order chi connectivity index (χ1) is 18.8. The zero-order valence-corrected chi connectivity index (χ0v) is 25.1. The van der Waals surface area contributed by atoms with Gasteiger partial charge < -0.3 is 24.4 Å². The van der Waals surface area contributed by atoms with Crippen molar-refractivity contribution in [2.45, 2.75) is 114 Å². The molecule has 1 spiro atoms. The largest absolute Gasteiger partial charge is 0.455 e. The van der Waals surface area contributed by atoms with E-state index in [9.17, 15) is 19.8 Å². The van der Waals surface area contributed by atoms with Gasteiger partial charge >= 0.3 is 5.97 Å². The summed E-state index contributed by atoms with van der Waals surface area (Å²) in [7, 11) is 0. The van der Waals surface area contributed by atoms with Gasteiger partial charge in [0.1, 0.15) is 6.10 Å². The lowest BCUT2D eigenvalue weighted by Gasteiger charge is -2.40. The topological polar surface area (TPSA) is 106 Å². The molecule has 1 fully saturated rings. The van der Waals surface area contributed by atoms with Crippen LogP contribution in [0.1, 0.15) is 90.2 Å². The second-order valence-corrected chi connectivity index (χ2v) is 14.5. The van der Waals surface area contributed by atoms with E-state index in [0.717, 1.165) is 66.6 Å². The molecule has 3 heterocycles. The van der Waals surface area contributed by atoms with Crippen molar-refractivity contribution < 1.29 is 34.0 Å². The number of fused-ring (bicyclic) bond motifs is 3. The average Bonchev–Trinajstić information content (AvgIpc) is 3.51. The van der Waals surface area contributed by atoms with E-state index in [1.165, 1.54) is 0 Å². The first-order valence-electron chi connectivity index (χ1n) is 14.5. The van der Waals surface area contributed by atoms with E-state index < -0.39 is 23.3 Å². The Morgan fingerprint density at radius 2 is 1.90 bits per heavy atom. The number of esters is 1. The van der Waals surface area contributed by atoms with Crippen LogP contribution >= 0.6 is 11.8 Å². The SMILES string of the molecule is CC1=C[C@]23CCCN2CCc2cc4c(cc2[C@@H]3C1OC(=O)[C@@](O)(CCCC(C)(C)O)CC(=O)SC(C)C)OCO4. The Balaban J connectivity index is 1.47. The minimum absolute atomic E-state index is 0.0346. The van der Waals surface area contributed by atoms with E-state index in [1.807, 2.05) is 20.8 Å². The van der Waals surface area contributed by atoms with Crippen LogP contribution in [0.3, 0.4) is 0 Å². The summed E-state index contributed by atoms with van der Waals surface area (Å²) < 4.78 is 17.7. The highest BCUT2D eigenvalue weighted by molar-refractivity contribution is 8.14. The number of hydrogen-bond acceptors (Lipinski definition) is 9. The highest BCUT2D eigenvalue weighted by atomic mass is 32.2. The number of thioether (sulfide) groups is 1. The van der Waals surface area contributed by atoms with E-state index in [4.69, 9.17) is 14.2 Å². The van der Waals surface area contributed by atoms with E-state index in [2.05, 4.69) is 23.1 Å². The first kappa shape index (κ1) is 29.4. The van der Waals surface area contributed by atoms with Crippen LogP contribution in [-0.2, 0) is 20.7 Å². The van der Waals surface area contributed by atoms with Gasteiger partial charge in [0.25, 0.3) is 0 Å². The van der Waals surface area contributed by atoms with Crippen LogP contribution < -0.4 is 9.47 Å². The molecular formula is C31H43NO7S. The molecule has 9 heteroatoms. The molecule has 1 aromatic rings. The Hall–Kier alpha value is -2.07. The maximum atomic E-state index is 13.9. The molecule has 8 nitrogen and oxygen atoms in total. The molecule has 0 saturated carbocycles. The van der Waals surface area contributed by atoms with Crippen LogP contribution in [0.4, 0.5) is 0 Å². The molecule has 1 aromatic carbocycles. The Bertz CT molecular complexity index is 1190. The number of carbonyl (C=O) groups is 2. The van der Waals surface area contributed by atoms with Crippen molar-refractivity contribution in [2.75, 3.05) is 19.9 Å². The predicted molar refractivity (Wildman–Crippen MR) is 154 cm³/mol. The minimum atomic E-state index is -1.97. The fourth-order valence-corrected chi connectivity index (χ4v) is 7.89. The zero-order chi connectivity index (χ0) is 28.9. The molecule has 0 radical (unpaired) electrons. The van der Waals surface area contributed by atoms with Crippen LogP contribution in [0.5, 0.6) is 11.5 Å². The minimum Gasteiger partial charge on any atom is -0.455 e. The summed E-state index contributed by atoms with van der Waals surface area (Å²) in [4.78, 5) is 29.3. The Kier molecular flexibility index (Phi) is 8.07. The standard InChI is InChI=1S/C31H43NO7S/c1-19(2)40-25(33)17-31(36,11-6-9-29(4,5)35)28(34)39-27-20(3)16-30-10-7-12-32(30)13-8-21-14-23-24(38-18-37-23)15-22(21)26(27)30/h14-16,19,26-27,35-36H,6-13,17-18H2,1-5H3/t26-,27?,30+,31-/m1/s1. The maximum Gasteiger partial charge on any atom is 0.339 e.